The predicted octanol–water partition coefficient (Wildman–Crippen LogP) is 2.64. The molecule has 2 rings (SSSR count). The second-order valence-corrected chi connectivity index (χ2v) is 3.67. The van der Waals surface area contributed by atoms with E-state index in [4.69, 9.17) is 5.73 Å². The Morgan fingerprint density at radius 3 is 2.79 bits per heavy atom. The first-order chi connectivity index (χ1) is 6.59. The van der Waals surface area contributed by atoms with Crippen LogP contribution in [0.3, 0.4) is 0 Å². The molecule has 1 aromatic carbocycles. The fourth-order valence-electron chi connectivity index (χ4n) is 1.68. The molecule has 0 radical (unpaired) electrons. The minimum Gasteiger partial charge on any atom is -0.359 e. The molecular weight excluding hydrogens is 179 g/mol. The number of halogens is 1. The standard InChI is InChI=1S/C11H13FN2/c1-6-5-9-10(14-6)4-3-8(7(2)13)11(9)12/h3-5,7,14H,13H2,1-2H3/t7-/m1/s1. The fraction of sp³-hybridized carbons (Fsp3) is 0.273. The quantitative estimate of drug-likeness (QED) is 0.716. The maximum atomic E-state index is 13.8. The Hall–Kier alpha value is -1.35. The van der Waals surface area contributed by atoms with Gasteiger partial charge in [0.05, 0.1) is 0 Å². The van der Waals surface area contributed by atoms with E-state index in [1.165, 1.54) is 0 Å². The van der Waals surface area contributed by atoms with Gasteiger partial charge in [-0.1, -0.05) is 6.07 Å². The largest absolute Gasteiger partial charge is 0.359 e. The minimum atomic E-state index is -0.269. The van der Waals surface area contributed by atoms with Gasteiger partial charge in [-0.05, 0) is 26.0 Å². The minimum absolute atomic E-state index is 0.207. The molecule has 1 atom stereocenters. The topological polar surface area (TPSA) is 41.8 Å². The molecule has 1 aromatic heterocycles. The molecule has 2 nitrogen and oxygen atoms in total. The summed E-state index contributed by atoms with van der Waals surface area (Å²) >= 11 is 0. The number of nitrogens with one attached hydrogen (secondary N) is 1. The van der Waals surface area contributed by atoms with E-state index in [9.17, 15) is 4.39 Å². The van der Waals surface area contributed by atoms with Crippen LogP contribution in [0.25, 0.3) is 10.9 Å². The first kappa shape index (κ1) is 9.21. The van der Waals surface area contributed by atoms with Crippen molar-refractivity contribution in [3.63, 3.8) is 0 Å². The average molecular weight is 192 g/mol. The van der Waals surface area contributed by atoms with E-state index in [2.05, 4.69) is 4.98 Å². The third-order valence-corrected chi connectivity index (χ3v) is 2.39. The monoisotopic (exact) mass is 192 g/mol. The summed E-state index contributed by atoms with van der Waals surface area (Å²) in [5.74, 6) is -0.207. The number of aromatic amines is 1. The van der Waals surface area contributed by atoms with Crippen molar-refractivity contribution in [3.8, 4) is 0 Å². The second kappa shape index (κ2) is 3.10. The van der Waals surface area contributed by atoms with Gasteiger partial charge in [0.25, 0.3) is 0 Å². The highest BCUT2D eigenvalue weighted by atomic mass is 19.1. The molecule has 3 heteroatoms. The lowest BCUT2D eigenvalue weighted by Crippen LogP contribution is -2.07. The van der Waals surface area contributed by atoms with Crippen LogP contribution in [0.2, 0.25) is 0 Å². The summed E-state index contributed by atoms with van der Waals surface area (Å²) in [5, 5.41) is 0.622. The highest BCUT2D eigenvalue weighted by Crippen LogP contribution is 2.24. The number of hydrogen-bond acceptors (Lipinski definition) is 1. The summed E-state index contributed by atoms with van der Waals surface area (Å²) < 4.78 is 13.8. The molecular formula is C11H13FN2. The summed E-state index contributed by atoms with van der Waals surface area (Å²) in [4.78, 5) is 3.08. The Bertz CT molecular complexity index is 471. The number of nitrogens with two attached hydrogens (primary N) is 1. The van der Waals surface area contributed by atoms with E-state index < -0.39 is 0 Å². The first-order valence-electron chi connectivity index (χ1n) is 4.63. The SMILES string of the molecule is Cc1cc2c(F)c([C@@H](C)N)ccc2[nH]1. The molecule has 0 saturated heterocycles. The van der Waals surface area contributed by atoms with Crippen LogP contribution in [0.15, 0.2) is 18.2 Å². The van der Waals surface area contributed by atoms with E-state index in [0.717, 1.165) is 11.2 Å². The Morgan fingerprint density at radius 2 is 2.14 bits per heavy atom. The molecule has 0 spiro atoms. The lowest BCUT2D eigenvalue weighted by Gasteiger charge is -2.07. The van der Waals surface area contributed by atoms with Gasteiger partial charge in [-0.3, -0.25) is 0 Å². The lowest BCUT2D eigenvalue weighted by atomic mass is 10.1. The highest BCUT2D eigenvalue weighted by molar-refractivity contribution is 5.82. The van der Waals surface area contributed by atoms with Gasteiger partial charge in [-0.2, -0.15) is 0 Å². The summed E-state index contributed by atoms with van der Waals surface area (Å²) in [5.41, 5.74) is 8.01. The van der Waals surface area contributed by atoms with Crippen molar-refractivity contribution in [2.75, 3.05) is 0 Å². The second-order valence-electron chi connectivity index (χ2n) is 3.67. The normalized spacial score (nSPS) is 13.4. The maximum absolute atomic E-state index is 13.8. The van der Waals surface area contributed by atoms with E-state index >= 15 is 0 Å². The van der Waals surface area contributed by atoms with E-state index in [0.29, 0.717) is 10.9 Å². The average Bonchev–Trinajstić information content (AvgIpc) is 2.46. The number of aryl methyl sites for hydroxylation is 1. The molecule has 74 valence electrons. The number of benzene rings is 1. The van der Waals surface area contributed by atoms with Crippen molar-refractivity contribution in [2.45, 2.75) is 19.9 Å². The maximum Gasteiger partial charge on any atom is 0.137 e. The number of hydrogen-bond donors (Lipinski definition) is 2. The van der Waals surface area contributed by atoms with Crippen LogP contribution in [0.4, 0.5) is 4.39 Å². The van der Waals surface area contributed by atoms with Gasteiger partial charge < -0.3 is 10.7 Å². The third-order valence-electron chi connectivity index (χ3n) is 2.39. The molecule has 0 aliphatic rings. The van der Waals surface area contributed by atoms with Gasteiger partial charge in [-0.15, -0.1) is 0 Å². The molecule has 0 unspecified atom stereocenters. The van der Waals surface area contributed by atoms with Crippen LogP contribution < -0.4 is 5.73 Å². The first-order valence-corrected chi connectivity index (χ1v) is 4.63. The molecule has 0 aliphatic carbocycles. The summed E-state index contributed by atoms with van der Waals surface area (Å²) in [6.07, 6.45) is 0. The Labute approximate surface area is 81.9 Å². The fourth-order valence-corrected chi connectivity index (χ4v) is 1.68. The molecule has 2 aromatic rings. The Balaban J connectivity index is 2.74. The van der Waals surface area contributed by atoms with Gasteiger partial charge in [0.2, 0.25) is 0 Å². The van der Waals surface area contributed by atoms with Crippen LogP contribution in [0, 0.1) is 12.7 Å². The number of fused-ring (bicyclic) bond motifs is 1. The number of aromatic nitrogens is 1. The van der Waals surface area contributed by atoms with Crippen molar-refractivity contribution in [1.29, 1.82) is 0 Å². The number of H-pyrrole nitrogens is 1. The Morgan fingerprint density at radius 1 is 1.43 bits per heavy atom. The van der Waals surface area contributed by atoms with Crippen LogP contribution in [0.1, 0.15) is 24.2 Å². The molecule has 0 bridgehead atoms. The molecule has 14 heavy (non-hydrogen) atoms. The van der Waals surface area contributed by atoms with Crippen molar-refractivity contribution in [3.05, 3.63) is 35.3 Å². The van der Waals surface area contributed by atoms with Gasteiger partial charge in [0, 0.05) is 28.2 Å². The summed E-state index contributed by atoms with van der Waals surface area (Å²) in [6.45, 7) is 3.69. The molecule has 0 saturated carbocycles. The van der Waals surface area contributed by atoms with Gasteiger partial charge in [0.15, 0.2) is 0 Å². The molecule has 0 amide bonds. The molecule has 0 aliphatic heterocycles. The summed E-state index contributed by atoms with van der Waals surface area (Å²) in [7, 11) is 0. The van der Waals surface area contributed by atoms with Crippen molar-refractivity contribution >= 4 is 10.9 Å². The molecule has 0 fully saturated rings. The van der Waals surface area contributed by atoms with Crippen molar-refractivity contribution in [2.24, 2.45) is 5.73 Å². The van der Waals surface area contributed by atoms with Crippen molar-refractivity contribution in [1.82, 2.24) is 4.98 Å². The van der Waals surface area contributed by atoms with Gasteiger partial charge in [0.1, 0.15) is 5.82 Å². The zero-order valence-corrected chi connectivity index (χ0v) is 8.26. The number of rotatable bonds is 1. The van der Waals surface area contributed by atoms with E-state index in [1.807, 2.05) is 13.0 Å². The van der Waals surface area contributed by atoms with Crippen molar-refractivity contribution < 1.29 is 4.39 Å². The smallest absolute Gasteiger partial charge is 0.137 e. The van der Waals surface area contributed by atoms with E-state index in [-0.39, 0.29) is 11.9 Å². The zero-order chi connectivity index (χ0) is 10.3. The summed E-state index contributed by atoms with van der Waals surface area (Å²) in [6, 6.07) is 5.13. The highest BCUT2D eigenvalue weighted by Gasteiger charge is 2.11. The van der Waals surface area contributed by atoms with Gasteiger partial charge >= 0.3 is 0 Å². The van der Waals surface area contributed by atoms with Crippen LogP contribution in [-0.4, -0.2) is 4.98 Å². The molecule has 1 heterocycles. The van der Waals surface area contributed by atoms with E-state index in [1.54, 1.807) is 19.1 Å². The van der Waals surface area contributed by atoms with Crippen LogP contribution in [0.5, 0.6) is 0 Å². The third kappa shape index (κ3) is 1.30. The van der Waals surface area contributed by atoms with Crippen LogP contribution in [-0.2, 0) is 0 Å². The van der Waals surface area contributed by atoms with Crippen LogP contribution >= 0.6 is 0 Å². The lowest BCUT2D eigenvalue weighted by molar-refractivity contribution is 0.605. The van der Waals surface area contributed by atoms with Gasteiger partial charge in [-0.25, -0.2) is 4.39 Å². The molecule has 3 N–H and O–H groups in total. The zero-order valence-electron chi connectivity index (χ0n) is 8.26. The Kier molecular flexibility index (Phi) is 2.04. The predicted molar refractivity (Wildman–Crippen MR) is 55.6 cm³/mol.